The molecule has 0 rings (SSSR count). The van der Waals surface area contributed by atoms with Crippen LogP contribution < -0.4 is 21.7 Å². The predicted molar refractivity (Wildman–Crippen MR) is 103 cm³/mol. The average Bonchev–Trinajstić information content (AvgIpc) is 2.65. The molecule has 0 aliphatic rings. The Labute approximate surface area is 167 Å². The lowest BCUT2D eigenvalue weighted by Gasteiger charge is -2.24. The second kappa shape index (κ2) is 13.3. The summed E-state index contributed by atoms with van der Waals surface area (Å²) < 4.78 is 0. The third-order valence-corrected chi connectivity index (χ3v) is 4.52. The highest BCUT2D eigenvalue weighted by Gasteiger charge is 2.30. The van der Waals surface area contributed by atoms with E-state index in [1.165, 1.54) is 11.8 Å². The Hall–Kier alpha value is -1.89. The molecule has 0 aromatic carbocycles. The maximum atomic E-state index is 12.2. The maximum Gasteiger partial charge on any atom is 0.326 e. The van der Waals surface area contributed by atoms with Gasteiger partial charge in [-0.25, -0.2) is 4.79 Å². The van der Waals surface area contributed by atoms with Crippen molar-refractivity contribution in [2.24, 2.45) is 11.7 Å². The molecule has 0 spiro atoms. The van der Waals surface area contributed by atoms with E-state index >= 15 is 0 Å². The van der Waals surface area contributed by atoms with Gasteiger partial charge < -0.3 is 37.0 Å². The highest BCUT2D eigenvalue weighted by molar-refractivity contribution is 7.98. The van der Waals surface area contributed by atoms with Crippen molar-refractivity contribution in [3.05, 3.63) is 0 Å². The lowest BCUT2D eigenvalue weighted by molar-refractivity contribution is -0.142. The first kappa shape index (κ1) is 26.1. The van der Waals surface area contributed by atoms with E-state index in [2.05, 4.69) is 16.0 Å². The van der Waals surface area contributed by atoms with Crippen LogP contribution in [0.1, 0.15) is 20.3 Å². The predicted octanol–water partition coefficient (Wildman–Crippen LogP) is -2.75. The van der Waals surface area contributed by atoms with E-state index in [4.69, 9.17) is 10.8 Å². The van der Waals surface area contributed by atoms with Gasteiger partial charge in [-0.2, -0.15) is 11.8 Å². The van der Waals surface area contributed by atoms with Gasteiger partial charge in [0.2, 0.25) is 17.7 Å². The summed E-state index contributed by atoms with van der Waals surface area (Å²) in [4.78, 5) is 47.6. The second-order valence-electron chi connectivity index (χ2n) is 6.44. The molecule has 0 aliphatic heterocycles. The summed E-state index contributed by atoms with van der Waals surface area (Å²) in [5.41, 5.74) is 5.68. The highest BCUT2D eigenvalue weighted by atomic mass is 32.2. The summed E-state index contributed by atoms with van der Waals surface area (Å²) in [6, 6.07) is -4.91. The number of amides is 3. The van der Waals surface area contributed by atoms with Crippen LogP contribution in [-0.4, -0.2) is 88.4 Å². The Morgan fingerprint density at radius 3 is 1.68 bits per heavy atom. The summed E-state index contributed by atoms with van der Waals surface area (Å²) in [6.45, 7) is 1.86. The first-order valence-electron chi connectivity index (χ1n) is 8.69. The molecule has 11 nitrogen and oxygen atoms in total. The number of carboxylic acid groups (broad SMARTS) is 1. The minimum Gasteiger partial charge on any atom is -0.480 e. The molecule has 0 heterocycles. The molecular formula is C16H30N4O7S. The number of carboxylic acids is 1. The van der Waals surface area contributed by atoms with E-state index in [1.807, 2.05) is 0 Å². The van der Waals surface area contributed by atoms with Gasteiger partial charge in [0.1, 0.15) is 18.1 Å². The van der Waals surface area contributed by atoms with E-state index in [0.29, 0.717) is 5.75 Å². The van der Waals surface area contributed by atoms with Gasteiger partial charge in [-0.1, -0.05) is 13.8 Å². The summed E-state index contributed by atoms with van der Waals surface area (Å²) in [5, 5.41) is 34.5. The van der Waals surface area contributed by atoms with Gasteiger partial charge >= 0.3 is 5.97 Å². The standard InChI is InChI=1S/C16H30N4O7S/c1-8(2)12(17)15(25)20-11(7-22)14(24)19-10(6-21)13(23)18-9(16(26)27)4-5-28-3/h8-12,21-22H,4-7,17H2,1-3H3,(H,18,23)(H,19,24)(H,20,25)(H,26,27). The van der Waals surface area contributed by atoms with Crippen molar-refractivity contribution in [3.63, 3.8) is 0 Å². The third kappa shape index (κ3) is 8.87. The van der Waals surface area contributed by atoms with E-state index < -0.39 is 61.1 Å². The van der Waals surface area contributed by atoms with Crippen molar-refractivity contribution in [2.45, 2.75) is 44.4 Å². The number of aliphatic hydroxyl groups is 2. The fraction of sp³-hybridized carbons (Fsp3) is 0.750. The molecule has 0 saturated heterocycles. The van der Waals surface area contributed by atoms with Crippen molar-refractivity contribution in [1.29, 1.82) is 0 Å². The van der Waals surface area contributed by atoms with Gasteiger partial charge in [0.15, 0.2) is 0 Å². The SMILES string of the molecule is CSCCC(NC(=O)C(CO)NC(=O)C(CO)NC(=O)C(N)C(C)C)C(=O)O. The lowest BCUT2D eigenvalue weighted by atomic mass is 10.0. The normalized spacial score (nSPS) is 15.2. The van der Waals surface area contributed by atoms with Gasteiger partial charge in [0, 0.05) is 0 Å². The Kier molecular flexibility index (Phi) is 12.4. The first-order valence-corrected chi connectivity index (χ1v) is 10.1. The molecule has 12 heteroatoms. The van der Waals surface area contributed by atoms with Crippen LogP contribution in [0, 0.1) is 5.92 Å². The molecule has 4 unspecified atom stereocenters. The Bertz CT molecular complexity index is 547. The monoisotopic (exact) mass is 422 g/mol. The van der Waals surface area contributed by atoms with Crippen LogP contribution in [-0.2, 0) is 19.2 Å². The van der Waals surface area contributed by atoms with Crippen molar-refractivity contribution in [2.75, 3.05) is 25.2 Å². The molecule has 162 valence electrons. The van der Waals surface area contributed by atoms with E-state index in [0.717, 1.165) is 0 Å². The van der Waals surface area contributed by atoms with Gasteiger partial charge in [0.25, 0.3) is 0 Å². The number of aliphatic carboxylic acids is 1. The number of aliphatic hydroxyl groups excluding tert-OH is 2. The van der Waals surface area contributed by atoms with Crippen LogP contribution in [0.2, 0.25) is 0 Å². The van der Waals surface area contributed by atoms with Gasteiger partial charge in [-0.15, -0.1) is 0 Å². The number of hydrogen-bond donors (Lipinski definition) is 7. The molecule has 0 aromatic rings. The van der Waals surface area contributed by atoms with Gasteiger partial charge in [0.05, 0.1) is 19.3 Å². The zero-order chi connectivity index (χ0) is 21.9. The molecule has 0 radical (unpaired) electrons. The largest absolute Gasteiger partial charge is 0.480 e. The number of carbonyl (C=O) groups is 4. The molecule has 0 aliphatic carbocycles. The van der Waals surface area contributed by atoms with E-state index in [-0.39, 0.29) is 12.3 Å². The maximum absolute atomic E-state index is 12.2. The Balaban J connectivity index is 4.95. The minimum atomic E-state index is -1.45. The quantitative estimate of drug-likeness (QED) is 0.165. The van der Waals surface area contributed by atoms with Crippen molar-refractivity contribution in [3.8, 4) is 0 Å². The molecule has 0 aromatic heterocycles. The van der Waals surface area contributed by atoms with E-state index in [9.17, 15) is 29.4 Å². The average molecular weight is 423 g/mol. The summed E-state index contributed by atoms with van der Waals surface area (Å²) in [5.74, 6) is -3.43. The van der Waals surface area contributed by atoms with Gasteiger partial charge in [-0.05, 0) is 24.3 Å². The molecule has 8 N–H and O–H groups in total. The lowest BCUT2D eigenvalue weighted by Crippen LogP contribution is -2.59. The smallest absolute Gasteiger partial charge is 0.326 e. The number of hydrogen-bond acceptors (Lipinski definition) is 8. The molecule has 4 atom stereocenters. The van der Waals surface area contributed by atoms with Gasteiger partial charge in [-0.3, -0.25) is 14.4 Å². The second-order valence-corrected chi connectivity index (χ2v) is 7.42. The van der Waals surface area contributed by atoms with Crippen LogP contribution in [0.4, 0.5) is 0 Å². The molecule has 3 amide bonds. The highest BCUT2D eigenvalue weighted by Crippen LogP contribution is 2.02. The number of nitrogens with one attached hydrogen (secondary N) is 3. The molecule has 0 saturated carbocycles. The van der Waals surface area contributed by atoms with Crippen molar-refractivity contribution >= 4 is 35.5 Å². The van der Waals surface area contributed by atoms with Crippen LogP contribution in [0.15, 0.2) is 0 Å². The fourth-order valence-electron chi connectivity index (χ4n) is 2.00. The number of thioether (sulfide) groups is 1. The van der Waals surface area contributed by atoms with E-state index in [1.54, 1.807) is 20.1 Å². The van der Waals surface area contributed by atoms with Crippen LogP contribution in [0.3, 0.4) is 0 Å². The number of carbonyl (C=O) groups excluding carboxylic acids is 3. The van der Waals surface area contributed by atoms with Crippen molar-refractivity contribution < 1.29 is 34.5 Å². The van der Waals surface area contributed by atoms with Crippen LogP contribution >= 0.6 is 11.8 Å². The Morgan fingerprint density at radius 2 is 1.32 bits per heavy atom. The van der Waals surface area contributed by atoms with Crippen LogP contribution in [0.25, 0.3) is 0 Å². The number of nitrogens with two attached hydrogens (primary N) is 1. The summed E-state index contributed by atoms with van der Waals surface area (Å²) >= 11 is 1.40. The van der Waals surface area contributed by atoms with Crippen LogP contribution in [0.5, 0.6) is 0 Å². The minimum absolute atomic E-state index is 0.163. The first-order chi connectivity index (χ1) is 13.1. The molecular weight excluding hydrogens is 392 g/mol. The zero-order valence-electron chi connectivity index (χ0n) is 16.2. The molecule has 28 heavy (non-hydrogen) atoms. The topological polar surface area (TPSA) is 191 Å². The fourth-order valence-corrected chi connectivity index (χ4v) is 2.47. The molecule has 0 bridgehead atoms. The van der Waals surface area contributed by atoms with Crippen molar-refractivity contribution in [1.82, 2.24) is 16.0 Å². The third-order valence-electron chi connectivity index (χ3n) is 3.88. The zero-order valence-corrected chi connectivity index (χ0v) is 17.0. The summed E-state index contributed by atoms with van der Waals surface area (Å²) in [6.07, 6.45) is 1.95. The molecule has 0 fully saturated rings. The Morgan fingerprint density at radius 1 is 0.893 bits per heavy atom. The number of rotatable bonds is 13. The summed E-state index contributed by atoms with van der Waals surface area (Å²) in [7, 11) is 0.